The first-order valence-corrected chi connectivity index (χ1v) is 9.03. The molecule has 2 saturated heterocycles. The van der Waals surface area contributed by atoms with E-state index in [0.717, 1.165) is 25.9 Å². The lowest BCUT2D eigenvalue weighted by Gasteiger charge is -2.37. The lowest BCUT2D eigenvalue weighted by Crippen LogP contribution is -2.55. The second-order valence-electron chi connectivity index (χ2n) is 5.85. The normalized spacial score (nSPS) is 27.3. The standard InChI is InChI=1S/C13H22N4O4S/c1-9-12(13(14)15-21-9)22(18,19)16-10-4-7-20-8-11(10)17-5-2-3-6-17/h10-11,16H,2-8H2,1H3,(H2,14,15). The fraction of sp³-hybridized carbons (Fsp3) is 0.769. The van der Waals surface area contributed by atoms with Crippen LogP contribution < -0.4 is 10.5 Å². The molecule has 1 aromatic heterocycles. The number of nitrogens with two attached hydrogens (primary N) is 1. The zero-order chi connectivity index (χ0) is 15.7. The highest BCUT2D eigenvalue weighted by Gasteiger charge is 2.36. The summed E-state index contributed by atoms with van der Waals surface area (Å²) in [6.07, 6.45) is 2.94. The Morgan fingerprint density at radius 2 is 2.09 bits per heavy atom. The van der Waals surface area contributed by atoms with Gasteiger partial charge in [0.15, 0.2) is 16.5 Å². The Hall–Kier alpha value is -1.16. The lowest BCUT2D eigenvalue weighted by molar-refractivity contribution is 0.0106. The van der Waals surface area contributed by atoms with Crippen LogP contribution >= 0.6 is 0 Å². The average molecular weight is 330 g/mol. The van der Waals surface area contributed by atoms with Crippen molar-refractivity contribution < 1.29 is 17.7 Å². The van der Waals surface area contributed by atoms with Gasteiger partial charge in [0, 0.05) is 18.7 Å². The van der Waals surface area contributed by atoms with E-state index in [1.54, 1.807) is 6.92 Å². The Labute approximate surface area is 130 Å². The minimum atomic E-state index is -3.75. The van der Waals surface area contributed by atoms with Gasteiger partial charge in [0.25, 0.3) is 0 Å². The second-order valence-corrected chi connectivity index (χ2v) is 7.51. The first kappa shape index (κ1) is 15.7. The first-order valence-electron chi connectivity index (χ1n) is 7.55. The molecule has 3 rings (SSSR count). The van der Waals surface area contributed by atoms with Crippen molar-refractivity contribution in [3.8, 4) is 0 Å². The predicted octanol–water partition coefficient (Wildman–Crippen LogP) is 0.0968. The molecular formula is C13H22N4O4S. The number of ether oxygens (including phenoxy) is 1. The number of hydrogen-bond donors (Lipinski definition) is 2. The molecule has 0 radical (unpaired) electrons. The van der Waals surface area contributed by atoms with Crippen molar-refractivity contribution in [1.29, 1.82) is 0 Å². The van der Waals surface area contributed by atoms with E-state index in [9.17, 15) is 8.42 Å². The topological polar surface area (TPSA) is 111 Å². The molecule has 3 N–H and O–H groups in total. The zero-order valence-electron chi connectivity index (χ0n) is 12.6. The lowest BCUT2D eigenvalue weighted by atomic mass is 10.0. The summed E-state index contributed by atoms with van der Waals surface area (Å²) in [6, 6.07) is -0.127. The van der Waals surface area contributed by atoms with E-state index in [2.05, 4.69) is 14.8 Å². The molecule has 2 aliphatic rings. The Bertz CT molecular complexity index is 604. The summed E-state index contributed by atoms with van der Waals surface area (Å²) < 4.78 is 38.4. The Kier molecular flexibility index (Phi) is 4.40. The SMILES string of the molecule is Cc1onc(N)c1S(=O)(=O)NC1CCOCC1N1CCCC1. The molecule has 2 fully saturated rings. The number of nitrogens with one attached hydrogen (secondary N) is 1. The van der Waals surface area contributed by atoms with Crippen LogP contribution in [0.15, 0.2) is 9.42 Å². The zero-order valence-corrected chi connectivity index (χ0v) is 13.4. The summed E-state index contributed by atoms with van der Waals surface area (Å²) in [5.41, 5.74) is 5.63. The van der Waals surface area contributed by atoms with E-state index >= 15 is 0 Å². The van der Waals surface area contributed by atoms with Crippen molar-refractivity contribution in [3.05, 3.63) is 5.76 Å². The number of hydrogen-bond acceptors (Lipinski definition) is 7. The van der Waals surface area contributed by atoms with E-state index in [1.807, 2.05) is 0 Å². The molecule has 0 aromatic carbocycles. The van der Waals surface area contributed by atoms with Crippen LogP contribution in [0.2, 0.25) is 0 Å². The minimum absolute atomic E-state index is 0.0563. The molecule has 9 heteroatoms. The smallest absolute Gasteiger partial charge is 0.248 e. The van der Waals surface area contributed by atoms with E-state index in [4.69, 9.17) is 15.0 Å². The van der Waals surface area contributed by atoms with E-state index in [0.29, 0.717) is 19.6 Å². The van der Waals surface area contributed by atoms with Gasteiger partial charge in [-0.2, -0.15) is 0 Å². The van der Waals surface area contributed by atoms with Gasteiger partial charge < -0.3 is 15.0 Å². The summed E-state index contributed by atoms with van der Waals surface area (Å²) in [5, 5.41) is 3.52. The first-order chi connectivity index (χ1) is 10.5. The summed E-state index contributed by atoms with van der Waals surface area (Å²) in [4.78, 5) is 2.25. The maximum Gasteiger partial charge on any atom is 0.248 e. The van der Waals surface area contributed by atoms with E-state index < -0.39 is 10.0 Å². The Morgan fingerprint density at radius 1 is 1.36 bits per heavy atom. The van der Waals surface area contributed by atoms with Crippen molar-refractivity contribution >= 4 is 15.8 Å². The van der Waals surface area contributed by atoms with Crippen molar-refractivity contribution in [3.63, 3.8) is 0 Å². The van der Waals surface area contributed by atoms with E-state index in [1.165, 1.54) is 0 Å². The van der Waals surface area contributed by atoms with Gasteiger partial charge in [0.2, 0.25) is 10.0 Å². The van der Waals surface area contributed by atoms with Crippen LogP contribution in [0, 0.1) is 6.92 Å². The molecule has 2 aliphatic heterocycles. The van der Waals surface area contributed by atoms with Gasteiger partial charge in [-0.3, -0.25) is 4.90 Å². The van der Waals surface area contributed by atoms with E-state index in [-0.39, 0.29) is 28.6 Å². The van der Waals surface area contributed by atoms with Crippen LogP contribution in [0.25, 0.3) is 0 Å². The molecule has 0 bridgehead atoms. The van der Waals surface area contributed by atoms with Crippen molar-refractivity contribution in [2.75, 3.05) is 32.0 Å². The third-order valence-electron chi connectivity index (χ3n) is 4.34. The quantitative estimate of drug-likeness (QED) is 0.805. The average Bonchev–Trinajstić information content (AvgIpc) is 3.09. The monoisotopic (exact) mass is 330 g/mol. The minimum Gasteiger partial charge on any atom is -0.380 e. The molecule has 2 atom stereocenters. The number of anilines is 1. The highest BCUT2D eigenvalue weighted by atomic mass is 32.2. The van der Waals surface area contributed by atoms with Gasteiger partial charge in [0.1, 0.15) is 0 Å². The summed E-state index contributed by atoms with van der Waals surface area (Å²) in [7, 11) is -3.75. The largest absolute Gasteiger partial charge is 0.380 e. The maximum absolute atomic E-state index is 12.6. The molecule has 1 aromatic rings. The number of nitrogen functional groups attached to an aromatic ring is 1. The van der Waals surface area contributed by atoms with Crippen LogP contribution in [0.5, 0.6) is 0 Å². The van der Waals surface area contributed by atoms with Crippen LogP contribution in [0.3, 0.4) is 0 Å². The molecule has 0 amide bonds. The number of rotatable bonds is 4. The van der Waals surface area contributed by atoms with Gasteiger partial charge in [-0.15, -0.1) is 0 Å². The van der Waals surface area contributed by atoms with Crippen LogP contribution in [0.1, 0.15) is 25.0 Å². The summed E-state index contributed by atoms with van der Waals surface area (Å²) >= 11 is 0. The second kappa shape index (κ2) is 6.15. The van der Waals surface area contributed by atoms with Crippen molar-refractivity contribution in [2.45, 2.75) is 43.2 Å². The van der Waals surface area contributed by atoms with Gasteiger partial charge in [0.05, 0.1) is 6.61 Å². The Morgan fingerprint density at radius 3 is 2.73 bits per heavy atom. The number of likely N-dealkylation sites (tertiary alicyclic amines) is 1. The molecule has 0 saturated carbocycles. The Balaban J connectivity index is 1.80. The fourth-order valence-electron chi connectivity index (χ4n) is 3.26. The van der Waals surface area contributed by atoms with Gasteiger partial charge >= 0.3 is 0 Å². The molecule has 22 heavy (non-hydrogen) atoms. The summed E-state index contributed by atoms with van der Waals surface area (Å²) in [6.45, 7) is 4.61. The molecular weight excluding hydrogens is 308 g/mol. The summed E-state index contributed by atoms with van der Waals surface area (Å²) in [5.74, 6) is 0.101. The van der Waals surface area contributed by atoms with Crippen LogP contribution in [-0.4, -0.2) is 56.9 Å². The van der Waals surface area contributed by atoms with Crippen LogP contribution in [-0.2, 0) is 14.8 Å². The fourth-order valence-corrected chi connectivity index (χ4v) is 4.78. The van der Waals surface area contributed by atoms with Crippen LogP contribution in [0.4, 0.5) is 5.82 Å². The highest BCUT2D eigenvalue weighted by Crippen LogP contribution is 2.25. The van der Waals surface area contributed by atoms with Gasteiger partial charge in [-0.05, 0) is 39.3 Å². The maximum atomic E-state index is 12.6. The number of nitrogens with zero attached hydrogens (tertiary/aromatic N) is 2. The predicted molar refractivity (Wildman–Crippen MR) is 79.8 cm³/mol. The molecule has 3 heterocycles. The van der Waals surface area contributed by atoms with Crippen molar-refractivity contribution in [2.24, 2.45) is 0 Å². The number of aryl methyl sites for hydroxylation is 1. The molecule has 0 spiro atoms. The van der Waals surface area contributed by atoms with Gasteiger partial charge in [-0.25, -0.2) is 13.1 Å². The molecule has 124 valence electrons. The molecule has 8 nitrogen and oxygen atoms in total. The highest BCUT2D eigenvalue weighted by molar-refractivity contribution is 7.89. The molecule has 0 aliphatic carbocycles. The third kappa shape index (κ3) is 2.98. The van der Waals surface area contributed by atoms with Crippen molar-refractivity contribution in [1.82, 2.24) is 14.8 Å². The number of sulfonamides is 1. The molecule has 2 unspecified atom stereocenters. The van der Waals surface area contributed by atoms with Gasteiger partial charge in [-0.1, -0.05) is 5.16 Å². The number of aromatic nitrogens is 1. The third-order valence-corrected chi connectivity index (χ3v) is 5.99.